The molecule has 2 nitrogen and oxygen atoms in total. The van der Waals surface area contributed by atoms with Gasteiger partial charge in [-0.2, -0.15) is 0 Å². The van der Waals surface area contributed by atoms with Crippen molar-refractivity contribution in [1.82, 2.24) is 4.98 Å². The van der Waals surface area contributed by atoms with Crippen LogP contribution in [0, 0.1) is 6.92 Å². The van der Waals surface area contributed by atoms with Crippen LogP contribution in [0.15, 0.2) is 17.0 Å². The second-order valence-corrected chi connectivity index (χ2v) is 4.90. The minimum absolute atomic E-state index is 0.268. The van der Waals surface area contributed by atoms with Gasteiger partial charge in [0, 0.05) is 11.1 Å². The molecule has 0 aromatic carbocycles. The van der Waals surface area contributed by atoms with Crippen molar-refractivity contribution in [3.8, 4) is 0 Å². The highest BCUT2D eigenvalue weighted by Crippen LogP contribution is 2.20. The molecule has 1 aromatic heterocycles. The van der Waals surface area contributed by atoms with Crippen LogP contribution in [-0.2, 0) is 11.2 Å². The van der Waals surface area contributed by atoms with E-state index in [0.717, 1.165) is 35.5 Å². The smallest absolute Gasteiger partial charge is 0.165 e. The number of aryl methyl sites for hydroxylation is 1. The zero-order chi connectivity index (χ0) is 10.7. The van der Waals surface area contributed by atoms with Gasteiger partial charge in [-0.05, 0) is 38.2 Å². The topological polar surface area (TPSA) is 30.0 Å². The van der Waals surface area contributed by atoms with Crippen LogP contribution in [-0.4, -0.2) is 10.8 Å². The molecule has 0 radical (unpaired) electrons. The van der Waals surface area contributed by atoms with Crippen LogP contribution in [0.3, 0.4) is 0 Å². The Morgan fingerprint density at radius 2 is 2.40 bits per heavy atom. The normalized spacial score (nSPS) is 16.2. The molecule has 80 valence electrons. The van der Waals surface area contributed by atoms with Gasteiger partial charge in [0.15, 0.2) is 5.78 Å². The number of Topliss-reactive ketones (excluding diaryl/α,β-unsaturated/α-hetero) is 1. The highest BCUT2D eigenvalue weighted by molar-refractivity contribution is 7.09. The van der Waals surface area contributed by atoms with E-state index < -0.39 is 0 Å². The Balaban J connectivity index is 2.00. The minimum Gasteiger partial charge on any atom is -0.294 e. The summed E-state index contributed by atoms with van der Waals surface area (Å²) in [6.07, 6.45) is 7.01. The van der Waals surface area contributed by atoms with Crippen LogP contribution in [0.25, 0.3) is 0 Å². The summed E-state index contributed by atoms with van der Waals surface area (Å²) in [5.74, 6) is 0.268. The first kappa shape index (κ1) is 10.6. The third kappa shape index (κ3) is 2.75. The van der Waals surface area contributed by atoms with Crippen molar-refractivity contribution in [3.63, 3.8) is 0 Å². The lowest BCUT2D eigenvalue weighted by Gasteiger charge is -2.10. The third-order valence-electron chi connectivity index (χ3n) is 2.63. The molecule has 2 rings (SSSR count). The van der Waals surface area contributed by atoms with E-state index in [1.807, 2.05) is 12.3 Å². The van der Waals surface area contributed by atoms with E-state index in [0.29, 0.717) is 6.42 Å². The number of ketones is 1. The molecule has 0 spiro atoms. The molecule has 1 aromatic rings. The van der Waals surface area contributed by atoms with Crippen LogP contribution in [0.5, 0.6) is 0 Å². The zero-order valence-corrected chi connectivity index (χ0v) is 9.77. The summed E-state index contributed by atoms with van der Waals surface area (Å²) in [7, 11) is 0. The first-order valence-electron chi connectivity index (χ1n) is 5.39. The summed E-state index contributed by atoms with van der Waals surface area (Å²) < 4.78 is 0. The molecule has 0 amide bonds. The van der Waals surface area contributed by atoms with E-state index in [-0.39, 0.29) is 5.78 Å². The van der Waals surface area contributed by atoms with Gasteiger partial charge < -0.3 is 0 Å². The fraction of sp³-hybridized carbons (Fsp3) is 0.500. The Hall–Kier alpha value is -0.960. The molecule has 0 atom stereocenters. The summed E-state index contributed by atoms with van der Waals surface area (Å²) in [5.41, 5.74) is 2.04. The molecule has 3 heteroatoms. The Bertz CT molecular complexity index is 392. The van der Waals surface area contributed by atoms with E-state index in [9.17, 15) is 4.79 Å². The standard InChI is InChI=1S/C12H15NOS/c1-9-8-15-12(13-9)7-11(14)10-5-3-2-4-6-10/h5,8H,2-4,6-7H2,1H3. The summed E-state index contributed by atoms with van der Waals surface area (Å²) in [4.78, 5) is 16.2. The SMILES string of the molecule is Cc1csc(CC(=O)C2=CCCCC2)n1. The average Bonchev–Trinajstić information content (AvgIpc) is 2.65. The molecular weight excluding hydrogens is 206 g/mol. The van der Waals surface area contributed by atoms with Gasteiger partial charge in [-0.3, -0.25) is 4.79 Å². The molecule has 0 unspecified atom stereocenters. The summed E-state index contributed by atoms with van der Waals surface area (Å²) in [6.45, 7) is 1.96. The van der Waals surface area contributed by atoms with Crippen molar-refractivity contribution in [2.75, 3.05) is 0 Å². The highest BCUT2D eigenvalue weighted by Gasteiger charge is 2.14. The molecule has 0 fully saturated rings. The van der Waals surface area contributed by atoms with E-state index >= 15 is 0 Å². The van der Waals surface area contributed by atoms with Crippen molar-refractivity contribution in [3.05, 3.63) is 27.7 Å². The van der Waals surface area contributed by atoms with Crippen molar-refractivity contribution >= 4 is 17.1 Å². The van der Waals surface area contributed by atoms with Crippen molar-refractivity contribution in [1.29, 1.82) is 0 Å². The first-order valence-corrected chi connectivity index (χ1v) is 6.27. The maximum Gasteiger partial charge on any atom is 0.165 e. The molecule has 1 aliphatic rings. The van der Waals surface area contributed by atoms with Gasteiger partial charge in [0.1, 0.15) is 5.01 Å². The summed E-state index contributed by atoms with van der Waals surface area (Å²) in [6, 6.07) is 0. The number of rotatable bonds is 3. The van der Waals surface area contributed by atoms with Crippen LogP contribution < -0.4 is 0 Å². The summed E-state index contributed by atoms with van der Waals surface area (Å²) in [5, 5.41) is 2.95. The fourth-order valence-electron chi connectivity index (χ4n) is 1.83. The number of allylic oxidation sites excluding steroid dienone is 2. The maximum absolute atomic E-state index is 11.9. The Kier molecular flexibility index (Phi) is 3.31. The number of aromatic nitrogens is 1. The van der Waals surface area contributed by atoms with Gasteiger partial charge >= 0.3 is 0 Å². The number of carbonyl (C=O) groups is 1. The predicted octanol–water partition coefficient (Wildman–Crippen LogP) is 3.06. The van der Waals surface area contributed by atoms with Gasteiger partial charge in [-0.1, -0.05) is 6.08 Å². The lowest BCUT2D eigenvalue weighted by Crippen LogP contribution is -2.08. The van der Waals surface area contributed by atoms with Gasteiger partial charge in [0.05, 0.1) is 6.42 Å². The van der Waals surface area contributed by atoms with Gasteiger partial charge in [-0.15, -0.1) is 11.3 Å². The predicted molar refractivity (Wildman–Crippen MR) is 62.1 cm³/mol. The lowest BCUT2D eigenvalue weighted by molar-refractivity contribution is -0.115. The fourth-order valence-corrected chi connectivity index (χ4v) is 2.60. The van der Waals surface area contributed by atoms with Crippen molar-refractivity contribution in [2.24, 2.45) is 0 Å². The second kappa shape index (κ2) is 4.71. The monoisotopic (exact) mass is 221 g/mol. The van der Waals surface area contributed by atoms with Crippen molar-refractivity contribution < 1.29 is 4.79 Å². The molecular formula is C12H15NOS. The molecule has 0 saturated carbocycles. The molecule has 1 aliphatic carbocycles. The van der Waals surface area contributed by atoms with Crippen LogP contribution in [0.1, 0.15) is 36.4 Å². The van der Waals surface area contributed by atoms with Gasteiger partial charge in [-0.25, -0.2) is 4.98 Å². The summed E-state index contributed by atoms with van der Waals surface area (Å²) >= 11 is 1.58. The zero-order valence-electron chi connectivity index (χ0n) is 8.95. The van der Waals surface area contributed by atoms with E-state index in [4.69, 9.17) is 0 Å². The van der Waals surface area contributed by atoms with Gasteiger partial charge in [0.2, 0.25) is 0 Å². The minimum atomic E-state index is 0.268. The molecule has 0 bridgehead atoms. The molecule has 0 aliphatic heterocycles. The Labute approximate surface area is 94.0 Å². The molecule has 1 heterocycles. The number of hydrogen-bond donors (Lipinski definition) is 0. The van der Waals surface area contributed by atoms with Crippen LogP contribution >= 0.6 is 11.3 Å². The third-order valence-corrected chi connectivity index (χ3v) is 3.59. The number of thiazole rings is 1. The highest BCUT2D eigenvalue weighted by atomic mass is 32.1. The van der Waals surface area contributed by atoms with Crippen LogP contribution in [0.2, 0.25) is 0 Å². The molecule has 0 saturated heterocycles. The number of carbonyl (C=O) groups excluding carboxylic acids is 1. The Morgan fingerprint density at radius 1 is 1.53 bits per heavy atom. The largest absolute Gasteiger partial charge is 0.294 e. The maximum atomic E-state index is 11.9. The quantitative estimate of drug-likeness (QED) is 0.785. The van der Waals surface area contributed by atoms with Crippen LogP contribution in [0.4, 0.5) is 0 Å². The Morgan fingerprint density at radius 3 is 3.00 bits per heavy atom. The number of hydrogen-bond acceptors (Lipinski definition) is 3. The van der Waals surface area contributed by atoms with Crippen molar-refractivity contribution in [2.45, 2.75) is 39.0 Å². The van der Waals surface area contributed by atoms with E-state index in [1.54, 1.807) is 11.3 Å². The first-order chi connectivity index (χ1) is 7.25. The lowest BCUT2D eigenvalue weighted by atomic mass is 9.95. The van der Waals surface area contributed by atoms with E-state index in [1.165, 1.54) is 6.42 Å². The second-order valence-electron chi connectivity index (χ2n) is 3.96. The molecule has 0 N–H and O–H groups in total. The number of nitrogens with zero attached hydrogens (tertiary/aromatic N) is 1. The van der Waals surface area contributed by atoms with E-state index in [2.05, 4.69) is 11.1 Å². The average molecular weight is 221 g/mol. The molecule has 15 heavy (non-hydrogen) atoms. The van der Waals surface area contributed by atoms with Gasteiger partial charge in [0.25, 0.3) is 0 Å².